The van der Waals surface area contributed by atoms with E-state index in [9.17, 15) is 21.2 Å². The van der Waals surface area contributed by atoms with Crippen LogP contribution in [0.1, 0.15) is 13.8 Å². The Morgan fingerprint density at radius 2 is 2.00 bits per heavy atom. The largest absolute Gasteiger partial charge is 0.314 e. The highest BCUT2D eigenvalue weighted by Gasteiger charge is 2.31. The zero-order valence-electron chi connectivity index (χ0n) is 13.3. The second-order valence-corrected chi connectivity index (χ2v) is 9.22. The van der Waals surface area contributed by atoms with Crippen LogP contribution in [-0.2, 0) is 20.0 Å². The third-order valence-corrected chi connectivity index (χ3v) is 6.93. The fourth-order valence-corrected chi connectivity index (χ4v) is 4.58. The Bertz CT molecular complexity index is 786. The SMILES string of the molecule is CCS(=O)(=O)Nc1ccc(S(=O)(=O)N2CCNCC2C)cc1F.Cl. The monoisotopic (exact) mass is 401 g/mol. The average molecular weight is 402 g/mol. The van der Waals surface area contributed by atoms with Crippen molar-refractivity contribution in [3.8, 4) is 0 Å². The Labute approximate surface area is 148 Å². The lowest BCUT2D eigenvalue weighted by Crippen LogP contribution is -2.52. The maximum atomic E-state index is 14.1. The van der Waals surface area contributed by atoms with Crippen LogP contribution in [0.3, 0.4) is 0 Å². The van der Waals surface area contributed by atoms with Crippen molar-refractivity contribution in [1.82, 2.24) is 9.62 Å². The molecule has 1 unspecified atom stereocenters. The van der Waals surface area contributed by atoms with Gasteiger partial charge in [-0.3, -0.25) is 4.72 Å². The van der Waals surface area contributed by atoms with E-state index in [4.69, 9.17) is 0 Å². The number of benzene rings is 1. The Kier molecular flexibility index (Phi) is 7.00. The molecule has 0 aromatic heterocycles. The van der Waals surface area contributed by atoms with Crippen LogP contribution in [0.2, 0.25) is 0 Å². The molecule has 2 N–H and O–H groups in total. The van der Waals surface area contributed by atoms with Crippen molar-refractivity contribution in [1.29, 1.82) is 0 Å². The standard InChI is InChI=1S/C13H20FN3O4S2.ClH/c1-3-22(18,19)16-13-5-4-11(8-12(13)14)23(20,21)17-7-6-15-9-10(17)2;/h4-5,8,10,15-16H,3,6-7,9H2,1-2H3;1H. The number of anilines is 1. The molecule has 1 atom stereocenters. The summed E-state index contributed by atoms with van der Waals surface area (Å²) in [6.07, 6.45) is 0. The molecule has 2 rings (SSSR count). The molecule has 1 fully saturated rings. The molecule has 1 heterocycles. The number of sulfonamides is 2. The van der Waals surface area contributed by atoms with Gasteiger partial charge in [0.2, 0.25) is 20.0 Å². The molecule has 138 valence electrons. The summed E-state index contributed by atoms with van der Waals surface area (Å²) in [6.45, 7) is 4.54. The molecular weight excluding hydrogens is 381 g/mol. The third kappa shape index (κ3) is 4.57. The lowest BCUT2D eigenvalue weighted by molar-refractivity contribution is 0.284. The minimum Gasteiger partial charge on any atom is -0.314 e. The van der Waals surface area contributed by atoms with Gasteiger partial charge in [-0.1, -0.05) is 0 Å². The zero-order chi connectivity index (χ0) is 17.3. The molecule has 0 bridgehead atoms. The Balaban J connectivity index is 0.00000288. The second-order valence-electron chi connectivity index (χ2n) is 5.32. The van der Waals surface area contributed by atoms with E-state index < -0.39 is 25.9 Å². The highest BCUT2D eigenvalue weighted by atomic mass is 35.5. The summed E-state index contributed by atoms with van der Waals surface area (Å²) in [7, 11) is -7.45. The van der Waals surface area contributed by atoms with Crippen molar-refractivity contribution in [3.63, 3.8) is 0 Å². The Morgan fingerprint density at radius 1 is 1.33 bits per heavy atom. The lowest BCUT2D eigenvalue weighted by atomic mass is 10.3. The van der Waals surface area contributed by atoms with Crippen LogP contribution in [0, 0.1) is 5.82 Å². The molecule has 0 saturated carbocycles. The first kappa shape index (κ1) is 21.1. The number of hydrogen-bond acceptors (Lipinski definition) is 5. The Morgan fingerprint density at radius 3 is 2.54 bits per heavy atom. The number of nitrogens with zero attached hydrogens (tertiary/aromatic N) is 1. The van der Waals surface area contributed by atoms with E-state index in [1.807, 2.05) is 0 Å². The maximum absolute atomic E-state index is 14.1. The Hall–Kier alpha value is -0.940. The van der Waals surface area contributed by atoms with Gasteiger partial charge in [0.15, 0.2) is 0 Å². The number of nitrogens with one attached hydrogen (secondary N) is 2. The van der Waals surface area contributed by atoms with Gasteiger partial charge in [0.1, 0.15) is 5.82 Å². The van der Waals surface area contributed by atoms with Gasteiger partial charge in [0, 0.05) is 25.7 Å². The quantitative estimate of drug-likeness (QED) is 0.767. The number of halogens is 2. The lowest BCUT2D eigenvalue weighted by Gasteiger charge is -2.32. The van der Waals surface area contributed by atoms with Crippen molar-refractivity contribution in [2.45, 2.75) is 24.8 Å². The summed E-state index contributed by atoms with van der Waals surface area (Å²) in [4.78, 5) is -0.191. The first-order valence-electron chi connectivity index (χ1n) is 7.20. The maximum Gasteiger partial charge on any atom is 0.243 e. The van der Waals surface area contributed by atoms with Crippen molar-refractivity contribution >= 4 is 38.1 Å². The fraction of sp³-hybridized carbons (Fsp3) is 0.538. The van der Waals surface area contributed by atoms with Gasteiger partial charge in [0.05, 0.1) is 16.3 Å². The molecule has 11 heteroatoms. The van der Waals surface area contributed by atoms with Gasteiger partial charge >= 0.3 is 0 Å². The van der Waals surface area contributed by atoms with E-state index in [-0.39, 0.29) is 34.8 Å². The van der Waals surface area contributed by atoms with E-state index in [0.717, 1.165) is 12.1 Å². The minimum atomic E-state index is -3.82. The summed E-state index contributed by atoms with van der Waals surface area (Å²) in [5, 5.41) is 3.08. The van der Waals surface area contributed by atoms with E-state index >= 15 is 0 Å². The van der Waals surface area contributed by atoms with Crippen LogP contribution in [0.25, 0.3) is 0 Å². The zero-order valence-corrected chi connectivity index (χ0v) is 15.8. The van der Waals surface area contributed by atoms with Gasteiger partial charge in [-0.25, -0.2) is 21.2 Å². The van der Waals surface area contributed by atoms with E-state index in [2.05, 4.69) is 10.0 Å². The molecule has 1 aliphatic rings. The first-order valence-corrected chi connectivity index (χ1v) is 10.3. The van der Waals surface area contributed by atoms with Crippen LogP contribution in [0.15, 0.2) is 23.1 Å². The highest BCUT2D eigenvalue weighted by molar-refractivity contribution is 7.92. The van der Waals surface area contributed by atoms with Crippen LogP contribution in [-0.4, -0.2) is 52.6 Å². The van der Waals surface area contributed by atoms with E-state index in [0.29, 0.717) is 19.6 Å². The molecule has 7 nitrogen and oxygen atoms in total. The van der Waals surface area contributed by atoms with Crippen molar-refractivity contribution in [3.05, 3.63) is 24.0 Å². The molecule has 0 spiro atoms. The average Bonchev–Trinajstić information content (AvgIpc) is 2.49. The minimum absolute atomic E-state index is 0. The number of piperazine rings is 1. The van der Waals surface area contributed by atoms with Crippen LogP contribution < -0.4 is 10.0 Å². The molecule has 0 radical (unpaired) electrons. The molecule has 0 aliphatic carbocycles. The van der Waals surface area contributed by atoms with Crippen molar-refractivity contribution in [2.24, 2.45) is 0 Å². The normalized spacial score (nSPS) is 19.5. The molecular formula is C13H21ClFN3O4S2. The molecule has 1 saturated heterocycles. The predicted octanol–water partition coefficient (Wildman–Crippen LogP) is 0.992. The molecule has 1 aromatic rings. The van der Waals surface area contributed by atoms with Crippen molar-refractivity contribution in [2.75, 3.05) is 30.1 Å². The van der Waals surface area contributed by atoms with Gasteiger partial charge in [-0.15, -0.1) is 12.4 Å². The number of rotatable bonds is 5. The number of hydrogen-bond donors (Lipinski definition) is 2. The smallest absolute Gasteiger partial charge is 0.243 e. The second kappa shape index (κ2) is 7.96. The molecule has 24 heavy (non-hydrogen) atoms. The van der Waals surface area contributed by atoms with Gasteiger partial charge in [-0.2, -0.15) is 4.31 Å². The van der Waals surface area contributed by atoms with Crippen LogP contribution in [0.5, 0.6) is 0 Å². The summed E-state index contributed by atoms with van der Waals surface area (Å²) in [6, 6.07) is 2.94. The molecule has 1 aromatic carbocycles. The topological polar surface area (TPSA) is 95.6 Å². The first-order chi connectivity index (χ1) is 10.7. The van der Waals surface area contributed by atoms with Gasteiger partial charge in [-0.05, 0) is 32.0 Å². The third-order valence-electron chi connectivity index (χ3n) is 3.63. The summed E-state index contributed by atoms with van der Waals surface area (Å²) in [5.74, 6) is -1.13. The fourth-order valence-electron chi connectivity index (χ4n) is 2.29. The van der Waals surface area contributed by atoms with Gasteiger partial charge in [0.25, 0.3) is 0 Å². The predicted molar refractivity (Wildman–Crippen MR) is 93.0 cm³/mol. The molecule has 0 amide bonds. The summed E-state index contributed by atoms with van der Waals surface area (Å²) in [5.41, 5.74) is -0.265. The van der Waals surface area contributed by atoms with E-state index in [1.165, 1.54) is 17.3 Å². The summed E-state index contributed by atoms with van der Waals surface area (Å²) >= 11 is 0. The highest BCUT2D eigenvalue weighted by Crippen LogP contribution is 2.24. The van der Waals surface area contributed by atoms with Gasteiger partial charge < -0.3 is 5.32 Å². The molecule has 1 aliphatic heterocycles. The van der Waals surface area contributed by atoms with E-state index in [1.54, 1.807) is 6.92 Å². The van der Waals surface area contributed by atoms with Crippen LogP contribution in [0.4, 0.5) is 10.1 Å². The van der Waals surface area contributed by atoms with Crippen LogP contribution >= 0.6 is 12.4 Å². The summed E-state index contributed by atoms with van der Waals surface area (Å²) < 4.78 is 65.6. The van der Waals surface area contributed by atoms with Crippen molar-refractivity contribution < 1.29 is 21.2 Å².